The van der Waals surface area contributed by atoms with E-state index in [2.05, 4.69) is 38.0 Å². The molecule has 0 aliphatic heterocycles. The van der Waals surface area contributed by atoms with Crippen LogP contribution in [-0.4, -0.2) is 11.5 Å². The van der Waals surface area contributed by atoms with Crippen LogP contribution < -0.4 is 5.32 Å². The Morgan fingerprint density at radius 2 is 1.95 bits per heavy atom. The third kappa shape index (κ3) is 3.59. The van der Waals surface area contributed by atoms with Crippen molar-refractivity contribution in [2.45, 2.75) is 65.8 Å². The molecule has 0 spiro atoms. The Morgan fingerprint density at radius 1 is 1.26 bits per heavy atom. The topological polar surface area (TPSA) is 38.1 Å². The summed E-state index contributed by atoms with van der Waals surface area (Å²) in [4.78, 5) is 4.37. The molecule has 0 radical (unpaired) electrons. The van der Waals surface area contributed by atoms with E-state index in [1.807, 2.05) is 0 Å². The molecule has 19 heavy (non-hydrogen) atoms. The quantitative estimate of drug-likeness (QED) is 0.889. The van der Waals surface area contributed by atoms with Gasteiger partial charge in [0.1, 0.15) is 5.76 Å². The fraction of sp³-hybridized carbons (Fsp3) is 0.812. The number of rotatable bonds is 4. The van der Waals surface area contributed by atoms with Crippen molar-refractivity contribution in [3.05, 3.63) is 17.8 Å². The molecule has 1 aliphatic rings. The monoisotopic (exact) mass is 264 g/mol. The molecule has 1 saturated carbocycles. The van der Waals surface area contributed by atoms with E-state index in [9.17, 15) is 0 Å². The third-order valence-electron chi connectivity index (χ3n) is 4.54. The zero-order valence-corrected chi connectivity index (χ0v) is 12.8. The SMILES string of the molecule is CCNCc1ncoc1C1CCC(C(C)(C)C)CC1. The van der Waals surface area contributed by atoms with Crippen LogP contribution in [0.3, 0.4) is 0 Å². The van der Waals surface area contributed by atoms with Crippen molar-refractivity contribution in [1.29, 1.82) is 0 Å². The van der Waals surface area contributed by atoms with Gasteiger partial charge in [-0.2, -0.15) is 0 Å². The van der Waals surface area contributed by atoms with Gasteiger partial charge in [-0.3, -0.25) is 0 Å². The van der Waals surface area contributed by atoms with Gasteiger partial charge in [0.15, 0.2) is 6.39 Å². The highest BCUT2D eigenvalue weighted by Crippen LogP contribution is 2.43. The van der Waals surface area contributed by atoms with Crippen LogP contribution in [0.4, 0.5) is 0 Å². The Balaban J connectivity index is 1.96. The molecule has 0 unspecified atom stereocenters. The molecule has 1 aromatic heterocycles. The van der Waals surface area contributed by atoms with Gasteiger partial charge in [0.2, 0.25) is 0 Å². The summed E-state index contributed by atoms with van der Waals surface area (Å²) in [6.07, 6.45) is 6.73. The van der Waals surface area contributed by atoms with Gasteiger partial charge >= 0.3 is 0 Å². The van der Waals surface area contributed by atoms with E-state index in [-0.39, 0.29) is 0 Å². The van der Waals surface area contributed by atoms with Gasteiger partial charge in [-0.1, -0.05) is 27.7 Å². The molecule has 0 bridgehead atoms. The molecular formula is C16H28N2O. The molecule has 1 aliphatic carbocycles. The lowest BCUT2D eigenvalue weighted by molar-refractivity contribution is 0.163. The summed E-state index contributed by atoms with van der Waals surface area (Å²) in [5.74, 6) is 2.56. The third-order valence-corrected chi connectivity index (χ3v) is 4.54. The lowest BCUT2D eigenvalue weighted by Gasteiger charge is -2.36. The largest absolute Gasteiger partial charge is 0.448 e. The van der Waals surface area contributed by atoms with Gasteiger partial charge < -0.3 is 9.73 Å². The molecular weight excluding hydrogens is 236 g/mol. The van der Waals surface area contributed by atoms with E-state index in [1.54, 1.807) is 6.39 Å². The average Bonchev–Trinajstić information content (AvgIpc) is 2.83. The lowest BCUT2D eigenvalue weighted by atomic mass is 9.69. The first-order valence-corrected chi connectivity index (χ1v) is 7.65. The fourth-order valence-electron chi connectivity index (χ4n) is 3.21. The first-order valence-electron chi connectivity index (χ1n) is 7.65. The van der Waals surface area contributed by atoms with Gasteiger partial charge in [0, 0.05) is 12.5 Å². The molecule has 1 N–H and O–H groups in total. The van der Waals surface area contributed by atoms with Crippen molar-refractivity contribution in [2.75, 3.05) is 6.54 Å². The minimum absolute atomic E-state index is 0.443. The second kappa shape index (κ2) is 6.08. The molecule has 2 rings (SSSR count). The molecule has 3 nitrogen and oxygen atoms in total. The van der Waals surface area contributed by atoms with E-state index in [0.717, 1.165) is 30.5 Å². The first kappa shape index (κ1) is 14.6. The fourth-order valence-corrected chi connectivity index (χ4v) is 3.21. The van der Waals surface area contributed by atoms with E-state index < -0.39 is 0 Å². The molecule has 0 amide bonds. The summed E-state index contributed by atoms with van der Waals surface area (Å²) in [5, 5.41) is 3.34. The average molecular weight is 264 g/mol. The normalized spacial score (nSPS) is 24.6. The molecule has 3 heteroatoms. The highest BCUT2D eigenvalue weighted by Gasteiger charge is 2.32. The summed E-state index contributed by atoms with van der Waals surface area (Å²) in [6, 6.07) is 0. The number of hydrogen-bond acceptors (Lipinski definition) is 3. The van der Waals surface area contributed by atoms with Crippen molar-refractivity contribution in [3.63, 3.8) is 0 Å². The van der Waals surface area contributed by atoms with Gasteiger partial charge in [-0.15, -0.1) is 0 Å². The van der Waals surface area contributed by atoms with Crippen molar-refractivity contribution in [3.8, 4) is 0 Å². The maximum atomic E-state index is 5.67. The van der Waals surface area contributed by atoms with E-state index in [4.69, 9.17) is 4.42 Å². The molecule has 108 valence electrons. The predicted octanol–water partition coefficient (Wildman–Crippen LogP) is 4.10. The zero-order valence-electron chi connectivity index (χ0n) is 12.8. The summed E-state index contributed by atoms with van der Waals surface area (Å²) in [5.41, 5.74) is 1.56. The number of aromatic nitrogens is 1. The Labute approximate surface area is 117 Å². The van der Waals surface area contributed by atoms with Crippen LogP contribution in [0.15, 0.2) is 10.8 Å². The zero-order chi connectivity index (χ0) is 13.9. The van der Waals surface area contributed by atoms with Crippen LogP contribution in [0.25, 0.3) is 0 Å². The number of hydrogen-bond donors (Lipinski definition) is 1. The summed E-state index contributed by atoms with van der Waals surface area (Å²) in [6.45, 7) is 11.0. The van der Waals surface area contributed by atoms with Gasteiger partial charge in [0.05, 0.1) is 5.69 Å². The van der Waals surface area contributed by atoms with E-state index >= 15 is 0 Å². The van der Waals surface area contributed by atoms with Crippen molar-refractivity contribution >= 4 is 0 Å². The van der Waals surface area contributed by atoms with E-state index in [0.29, 0.717) is 11.3 Å². The smallest absolute Gasteiger partial charge is 0.181 e. The van der Waals surface area contributed by atoms with Gasteiger partial charge in [-0.25, -0.2) is 4.98 Å². The highest BCUT2D eigenvalue weighted by molar-refractivity contribution is 5.13. The summed E-state index contributed by atoms with van der Waals surface area (Å²) >= 11 is 0. The number of oxazole rings is 1. The molecule has 1 fully saturated rings. The first-order chi connectivity index (χ1) is 9.02. The molecule has 0 atom stereocenters. The Hall–Kier alpha value is -0.830. The predicted molar refractivity (Wildman–Crippen MR) is 78.0 cm³/mol. The second-order valence-electron chi connectivity index (χ2n) is 6.86. The van der Waals surface area contributed by atoms with Crippen LogP contribution in [-0.2, 0) is 6.54 Å². The highest BCUT2D eigenvalue weighted by atomic mass is 16.3. The van der Waals surface area contributed by atoms with Crippen molar-refractivity contribution in [2.24, 2.45) is 11.3 Å². The summed E-state index contributed by atoms with van der Waals surface area (Å²) < 4.78 is 5.67. The lowest BCUT2D eigenvalue weighted by Crippen LogP contribution is -2.25. The van der Waals surface area contributed by atoms with E-state index in [1.165, 1.54) is 25.7 Å². The minimum atomic E-state index is 0.443. The maximum absolute atomic E-state index is 5.67. The Kier molecular flexibility index (Phi) is 4.67. The van der Waals surface area contributed by atoms with Crippen LogP contribution in [0.5, 0.6) is 0 Å². The minimum Gasteiger partial charge on any atom is -0.448 e. The Bertz CT molecular complexity index is 384. The second-order valence-corrected chi connectivity index (χ2v) is 6.86. The number of nitrogens with one attached hydrogen (secondary N) is 1. The molecule has 0 aromatic carbocycles. The van der Waals surface area contributed by atoms with Crippen LogP contribution in [0, 0.1) is 11.3 Å². The van der Waals surface area contributed by atoms with Gasteiger partial charge in [-0.05, 0) is 43.6 Å². The van der Waals surface area contributed by atoms with Crippen molar-refractivity contribution < 1.29 is 4.42 Å². The standard InChI is InChI=1S/C16H28N2O/c1-5-17-10-14-15(19-11-18-14)12-6-8-13(9-7-12)16(2,3)4/h11-13,17H,5-10H2,1-4H3. The summed E-state index contributed by atoms with van der Waals surface area (Å²) in [7, 11) is 0. The Morgan fingerprint density at radius 3 is 2.53 bits per heavy atom. The molecule has 1 aromatic rings. The van der Waals surface area contributed by atoms with Crippen LogP contribution in [0.2, 0.25) is 0 Å². The van der Waals surface area contributed by atoms with Crippen LogP contribution >= 0.6 is 0 Å². The van der Waals surface area contributed by atoms with Crippen LogP contribution in [0.1, 0.15) is 70.8 Å². The molecule has 1 heterocycles. The number of nitrogens with zero attached hydrogens (tertiary/aromatic N) is 1. The van der Waals surface area contributed by atoms with Crippen molar-refractivity contribution in [1.82, 2.24) is 10.3 Å². The maximum Gasteiger partial charge on any atom is 0.181 e. The molecule has 0 saturated heterocycles. The van der Waals surface area contributed by atoms with Gasteiger partial charge in [0.25, 0.3) is 0 Å².